The summed E-state index contributed by atoms with van der Waals surface area (Å²) in [5, 5.41) is 14.3. The Kier molecular flexibility index (Phi) is 12.7. The fraction of sp³-hybridized carbons (Fsp3) is 0.368. The largest absolute Gasteiger partial charge is 0.494 e. The minimum Gasteiger partial charge on any atom is -0.494 e. The lowest BCUT2D eigenvalue weighted by Gasteiger charge is -2.18. The number of ether oxygens (including phenoxy) is 1. The van der Waals surface area contributed by atoms with Gasteiger partial charge in [-0.25, -0.2) is 0 Å². The molecule has 47 heavy (non-hydrogen) atoms. The highest BCUT2D eigenvalue weighted by Gasteiger charge is 2.25. The van der Waals surface area contributed by atoms with Gasteiger partial charge in [-0.05, 0) is 53.3 Å². The van der Waals surface area contributed by atoms with Crippen LogP contribution in [0.5, 0.6) is 5.75 Å². The molecule has 0 aliphatic heterocycles. The van der Waals surface area contributed by atoms with Gasteiger partial charge in [0.15, 0.2) is 0 Å². The van der Waals surface area contributed by atoms with Gasteiger partial charge in [0.25, 0.3) is 5.91 Å². The van der Waals surface area contributed by atoms with Gasteiger partial charge in [-0.15, -0.1) is 11.3 Å². The highest BCUT2D eigenvalue weighted by atomic mass is 32.1. The number of carbonyl (C=O) groups excluding carboxylic acids is 2. The summed E-state index contributed by atoms with van der Waals surface area (Å²) in [7, 11) is 0. The van der Waals surface area contributed by atoms with Gasteiger partial charge in [-0.3, -0.25) is 19.4 Å². The minimum absolute atomic E-state index is 0.105. The molecule has 2 heterocycles. The van der Waals surface area contributed by atoms with Crippen LogP contribution in [0.15, 0.2) is 79.0 Å². The lowest BCUT2D eigenvalue weighted by atomic mass is 9.95. The van der Waals surface area contributed by atoms with E-state index in [0.29, 0.717) is 4.88 Å². The molecule has 0 spiro atoms. The molecular weight excluding hydrogens is 611 g/mol. The number of carbonyl (C=O) groups is 3. The van der Waals surface area contributed by atoms with Crippen LogP contribution in [0.25, 0.3) is 22.4 Å². The summed E-state index contributed by atoms with van der Waals surface area (Å²) in [6.07, 6.45) is 8.09. The second-order valence-corrected chi connectivity index (χ2v) is 13.8. The number of aromatic nitrogens is 1. The van der Waals surface area contributed by atoms with Gasteiger partial charge in [0.05, 0.1) is 17.2 Å². The van der Waals surface area contributed by atoms with Gasteiger partial charge < -0.3 is 20.5 Å². The zero-order valence-corrected chi connectivity index (χ0v) is 28.5. The number of carboxylic acid groups (broad SMARTS) is 1. The maximum Gasteiger partial charge on any atom is 0.322 e. The lowest BCUT2D eigenvalue weighted by molar-refractivity contribution is -0.138. The van der Waals surface area contributed by atoms with Crippen LogP contribution in [0.1, 0.15) is 79.9 Å². The van der Waals surface area contributed by atoms with E-state index in [2.05, 4.69) is 43.3 Å². The molecule has 0 aliphatic rings. The first kappa shape index (κ1) is 35.4. The van der Waals surface area contributed by atoms with Crippen LogP contribution in [0.4, 0.5) is 0 Å². The van der Waals surface area contributed by atoms with Crippen molar-refractivity contribution in [2.45, 2.75) is 77.7 Å². The molecule has 3 N–H and O–H groups in total. The third-order valence-corrected chi connectivity index (χ3v) is 9.27. The molecule has 0 bridgehead atoms. The number of nitrogens with zero attached hydrogens (tertiary/aromatic N) is 1. The van der Waals surface area contributed by atoms with Gasteiger partial charge in [-0.2, -0.15) is 0 Å². The summed E-state index contributed by atoms with van der Waals surface area (Å²) in [4.78, 5) is 43.3. The highest BCUT2D eigenvalue weighted by molar-refractivity contribution is 7.14. The first-order chi connectivity index (χ1) is 22.5. The molecular formula is C38H45N3O5S. The predicted molar refractivity (Wildman–Crippen MR) is 188 cm³/mol. The Hall–Kier alpha value is -4.50. The number of pyridine rings is 1. The van der Waals surface area contributed by atoms with Gasteiger partial charge >= 0.3 is 5.97 Å². The maximum absolute atomic E-state index is 13.1. The normalized spacial score (nSPS) is 11.9. The maximum atomic E-state index is 13.1. The van der Waals surface area contributed by atoms with E-state index in [9.17, 15) is 14.4 Å². The standard InChI is InChI=1S/C38H45N3O5S/c1-5-6-7-8-9-22-46-30-17-14-27(15-18-30)29-16-19-31(39-24-29)28-12-10-26(11-13-28)23-32(36(44)40-25-35(42)43)41-37(45)33-20-21-34(47-33)38(2,3)4/h10-21,24,32H,5-9,22-23,25H2,1-4H3,(H,40,44)(H,41,45)(H,42,43)/t32-/m0/s1. The van der Waals surface area contributed by atoms with Crippen molar-refractivity contribution >= 4 is 29.1 Å². The average molecular weight is 656 g/mol. The highest BCUT2D eigenvalue weighted by Crippen LogP contribution is 2.30. The molecule has 0 radical (unpaired) electrons. The fourth-order valence-electron chi connectivity index (χ4n) is 5.01. The van der Waals surface area contributed by atoms with Gasteiger partial charge in [0.2, 0.25) is 5.91 Å². The molecule has 4 rings (SSSR count). The minimum atomic E-state index is -1.16. The Bertz CT molecular complexity index is 1610. The van der Waals surface area contributed by atoms with Crippen LogP contribution in [0.3, 0.4) is 0 Å². The molecule has 0 saturated heterocycles. The summed E-state index contributed by atoms with van der Waals surface area (Å²) in [6, 6.07) is 22.4. The number of benzene rings is 2. The Morgan fingerprint density at radius 2 is 1.53 bits per heavy atom. The summed E-state index contributed by atoms with van der Waals surface area (Å²) >= 11 is 1.38. The van der Waals surface area contributed by atoms with Crippen LogP contribution < -0.4 is 15.4 Å². The Morgan fingerprint density at radius 1 is 0.851 bits per heavy atom. The quantitative estimate of drug-likeness (QED) is 0.107. The molecule has 0 saturated carbocycles. The van der Waals surface area contributed by atoms with E-state index in [1.165, 1.54) is 37.0 Å². The Labute approximate surface area is 281 Å². The van der Waals surface area contributed by atoms with Crippen molar-refractivity contribution in [1.82, 2.24) is 15.6 Å². The SMILES string of the molecule is CCCCCCCOc1ccc(-c2ccc(-c3ccc(C[C@H](NC(=O)c4ccc(C(C)(C)C)s4)C(=O)NCC(=O)O)cc3)nc2)cc1. The summed E-state index contributed by atoms with van der Waals surface area (Å²) < 4.78 is 5.89. The number of thiophene rings is 1. The van der Waals surface area contributed by atoms with Crippen molar-refractivity contribution < 1.29 is 24.2 Å². The Morgan fingerprint density at radius 3 is 2.15 bits per heavy atom. The molecule has 2 aromatic heterocycles. The number of rotatable bonds is 16. The van der Waals surface area contributed by atoms with E-state index in [4.69, 9.17) is 9.84 Å². The molecule has 1 atom stereocenters. The number of unbranched alkanes of at least 4 members (excludes halogenated alkanes) is 4. The number of aliphatic carboxylic acids is 1. The summed E-state index contributed by atoms with van der Waals surface area (Å²) in [5.41, 5.74) is 4.48. The monoisotopic (exact) mass is 655 g/mol. The van der Waals surface area contributed by atoms with Crippen LogP contribution in [0, 0.1) is 0 Å². The predicted octanol–water partition coefficient (Wildman–Crippen LogP) is 7.67. The molecule has 4 aromatic rings. The average Bonchev–Trinajstić information content (AvgIpc) is 3.58. The van der Waals surface area contributed by atoms with Gasteiger partial charge in [0, 0.05) is 28.6 Å². The topological polar surface area (TPSA) is 118 Å². The van der Waals surface area contributed by atoms with Gasteiger partial charge in [0.1, 0.15) is 18.3 Å². The first-order valence-corrected chi connectivity index (χ1v) is 17.0. The van der Waals surface area contributed by atoms with Crippen LogP contribution in [0.2, 0.25) is 0 Å². The molecule has 248 valence electrons. The zero-order valence-electron chi connectivity index (χ0n) is 27.7. The number of nitrogens with one attached hydrogen (secondary N) is 2. The molecule has 2 aromatic carbocycles. The number of carboxylic acids is 1. The number of hydrogen-bond donors (Lipinski definition) is 3. The molecule has 8 nitrogen and oxygen atoms in total. The second kappa shape index (κ2) is 16.9. The van der Waals surface area contributed by atoms with Gasteiger partial charge in [-0.1, -0.05) is 95.8 Å². The van der Waals surface area contributed by atoms with Crippen molar-refractivity contribution in [3.05, 3.63) is 94.3 Å². The molecule has 9 heteroatoms. The first-order valence-electron chi connectivity index (χ1n) is 16.2. The zero-order chi connectivity index (χ0) is 33.8. The third kappa shape index (κ3) is 10.8. The van der Waals surface area contributed by atoms with Crippen LogP contribution >= 0.6 is 11.3 Å². The van der Waals surface area contributed by atoms with E-state index in [-0.39, 0.29) is 17.7 Å². The van der Waals surface area contributed by atoms with E-state index in [1.54, 1.807) is 6.07 Å². The van der Waals surface area contributed by atoms with E-state index < -0.39 is 24.5 Å². The summed E-state index contributed by atoms with van der Waals surface area (Å²) in [6.45, 7) is 8.63. The smallest absolute Gasteiger partial charge is 0.322 e. The molecule has 0 fully saturated rings. The number of amides is 2. The van der Waals surface area contributed by atoms with Crippen LogP contribution in [-0.2, 0) is 21.4 Å². The fourth-order valence-corrected chi connectivity index (χ4v) is 5.98. The molecule has 0 unspecified atom stereocenters. The van der Waals surface area contributed by atoms with Crippen molar-refractivity contribution in [2.75, 3.05) is 13.2 Å². The van der Waals surface area contributed by atoms with Crippen molar-refractivity contribution in [2.24, 2.45) is 0 Å². The van der Waals surface area contributed by atoms with Crippen molar-refractivity contribution in [3.8, 4) is 28.1 Å². The van der Waals surface area contributed by atoms with E-state index >= 15 is 0 Å². The second-order valence-electron chi connectivity index (χ2n) is 12.7. The van der Waals surface area contributed by atoms with Crippen LogP contribution in [-0.4, -0.2) is 47.1 Å². The Balaban J connectivity index is 1.38. The third-order valence-electron chi connectivity index (χ3n) is 7.76. The lowest BCUT2D eigenvalue weighted by Crippen LogP contribution is -2.49. The van der Waals surface area contributed by atoms with E-state index in [1.807, 2.05) is 72.9 Å². The van der Waals surface area contributed by atoms with Crippen molar-refractivity contribution in [1.29, 1.82) is 0 Å². The molecule has 0 aliphatic carbocycles. The molecule has 2 amide bonds. The van der Waals surface area contributed by atoms with E-state index in [0.717, 1.165) is 51.6 Å². The summed E-state index contributed by atoms with van der Waals surface area (Å²) in [5.74, 6) is -1.22. The number of hydrogen-bond acceptors (Lipinski definition) is 6. The van der Waals surface area contributed by atoms with Crippen molar-refractivity contribution in [3.63, 3.8) is 0 Å².